The van der Waals surface area contributed by atoms with Crippen molar-refractivity contribution in [2.24, 2.45) is 0 Å². The Bertz CT molecular complexity index is 472. The lowest BCUT2D eigenvalue weighted by molar-refractivity contribution is -0.137. The van der Waals surface area contributed by atoms with Crippen molar-refractivity contribution >= 4 is 18.3 Å². The van der Waals surface area contributed by atoms with E-state index in [1.807, 2.05) is 19.0 Å². The van der Waals surface area contributed by atoms with Gasteiger partial charge in [0.15, 0.2) is 0 Å². The van der Waals surface area contributed by atoms with Crippen LogP contribution in [-0.2, 0) is 10.2 Å². The van der Waals surface area contributed by atoms with Crippen LogP contribution < -0.4 is 5.32 Å². The molecule has 3 nitrogen and oxygen atoms in total. The molecule has 0 aromatic heterocycles. The Balaban J connectivity index is 0.00000242. The first-order valence-corrected chi connectivity index (χ1v) is 7.76. The third kappa shape index (κ3) is 3.99. The average molecular weight is 329 g/mol. The number of hydrogen-bond donors (Lipinski definition) is 1. The smallest absolute Gasteiger partial charge is 0.233 e. The van der Waals surface area contributed by atoms with Gasteiger partial charge < -0.3 is 10.2 Å². The van der Waals surface area contributed by atoms with Gasteiger partial charge in [0.1, 0.15) is 5.82 Å². The molecule has 124 valence electrons. The zero-order chi connectivity index (χ0) is 15.3. The molecule has 1 N–H and O–H groups in total. The van der Waals surface area contributed by atoms with E-state index in [4.69, 9.17) is 0 Å². The van der Waals surface area contributed by atoms with E-state index < -0.39 is 5.41 Å². The second-order valence-corrected chi connectivity index (χ2v) is 5.98. The predicted molar refractivity (Wildman–Crippen MR) is 90.0 cm³/mol. The van der Waals surface area contributed by atoms with E-state index in [9.17, 15) is 9.18 Å². The van der Waals surface area contributed by atoms with Gasteiger partial charge in [-0.15, -0.1) is 12.4 Å². The highest BCUT2D eigenvalue weighted by atomic mass is 35.5. The van der Waals surface area contributed by atoms with Gasteiger partial charge in [0.25, 0.3) is 0 Å². The molecule has 0 spiro atoms. The number of nitrogens with one attached hydrogen (secondary N) is 1. The van der Waals surface area contributed by atoms with Crippen molar-refractivity contribution in [3.05, 3.63) is 35.6 Å². The molecule has 0 radical (unpaired) electrons. The molecule has 5 heteroatoms. The second-order valence-electron chi connectivity index (χ2n) is 5.98. The van der Waals surface area contributed by atoms with E-state index in [2.05, 4.69) is 5.32 Å². The Hall–Kier alpha value is -1.13. The summed E-state index contributed by atoms with van der Waals surface area (Å²) in [5.41, 5.74) is 0.499. The molecule has 1 aromatic rings. The van der Waals surface area contributed by atoms with E-state index >= 15 is 0 Å². The summed E-state index contributed by atoms with van der Waals surface area (Å²) in [5, 5.41) is 3.07. The summed E-state index contributed by atoms with van der Waals surface area (Å²) < 4.78 is 13.2. The van der Waals surface area contributed by atoms with Gasteiger partial charge in [0.05, 0.1) is 5.41 Å². The lowest BCUT2D eigenvalue weighted by Gasteiger charge is -2.39. The van der Waals surface area contributed by atoms with Crippen LogP contribution in [0.25, 0.3) is 0 Å². The van der Waals surface area contributed by atoms with Crippen LogP contribution in [0.5, 0.6) is 0 Å². The van der Waals surface area contributed by atoms with Crippen molar-refractivity contribution in [2.45, 2.75) is 37.5 Å². The van der Waals surface area contributed by atoms with Crippen molar-refractivity contribution in [1.82, 2.24) is 10.2 Å². The Morgan fingerprint density at radius 3 is 2.36 bits per heavy atom. The van der Waals surface area contributed by atoms with Crippen LogP contribution in [0.4, 0.5) is 4.39 Å². The van der Waals surface area contributed by atoms with Crippen molar-refractivity contribution in [1.29, 1.82) is 0 Å². The van der Waals surface area contributed by atoms with Crippen LogP contribution in [0.15, 0.2) is 24.3 Å². The molecule has 1 aromatic carbocycles. The highest BCUT2D eigenvalue weighted by molar-refractivity contribution is 5.88. The molecule has 1 aliphatic rings. The van der Waals surface area contributed by atoms with Gasteiger partial charge in [-0.25, -0.2) is 4.39 Å². The minimum Gasteiger partial charge on any atom is -0.344 e. The average Bonchev–Trinajstić information content (AvgIpc) is 2.53. The number of carbonyl (C=O) groups excluding carboxylic acids is 1. The fourth-order valence-electron chi connectivity index (χ4n) is 3.30. The first kappa shape index (κ1) is 18.9. The molecule has 0 atom stereocenters. The molecule has 1 aliphatic carbocycles. The van der Waals surface area contributed by atoms with Crippen LogP contribution in [-0.4, -0.2) is 38.0 Å². The number of nitrogens with zero attached hydrogens (tertiary/aromatic N) is 1. The first-order chi connectivity index (χ1) is 10.1. The minimum absolute atomic E-state index is 0. The molecule has 0 saturated heterocycles. The Morgan fingerprint density at radius 2 is 1.82 bits per heavy atom. The van der Waals surface area contributed by atoms with E-state index in [0.29, 0.717) is 6.54 Å². The van der Waals surface area contributed by atoms with Gasteiger partial charge in [-0.05, 0) is 37.6 Å². The maximum atomic E-state index is 13.2. The topological polar surface area (TPSA) is 32.3 Å². The number of likely N-dealkylation sites (N-methyl/N-ethyl adjacent to an activating group) is 2. The van der Waals surface area contributed by atoms with Crippen molar-refractivity contribution < 1.29 is 9.18 Å². The summed E-state index contributed by atoms with van der Waals surface area (Å²) in [4.78, 5) is 14.8. The molecule has 0 bridgehead atoms. The Morgan fingerprint density at radius 1 is 1.23 bits per heavy atom. The molecule has 2 rings (SSSR count). The number of amides is 1. The molecule has 1 fully saturated rings. The van der Waals surface area contributed by atoms with Gasteiger partial charge >= 0.3 is 0 Å². The SMILES string of the molecule is CNCCN(C)C(=O)C1(c2ccc(F)cc2)CCCCC1.Cl. The third-order valence-corrected chi connectivity index (χ3v) is 4.56. The fourth-order valence-corrected chi connectivity index (χ4v) is 3.30. The largest absolute Gasteiger partial charge is 0.344 e. The standard InChI is InChI=1S/C17H25FN2O.ClH/c1-19-12-13-20(2)16(21)17(10-4-3-5-11-17)14-6-8-15(18)9-7-14;/h6-9,19H,3-5,10-13H2,1-2H3;1H. The van der Waals surface area contributed by atoms with Gasteiger partial charge in [-0.3, -0.25) is 4.79 Å². The molecule has 1 saturated carbocycles. The summed E-state index contributed by atoms with van der Waals surface area (Å²) in [6, 6.07) is 6.49. The van der Waals surface area contributed by atoms with Crippen LogP contribution in [0.3, 0.4) is 0 Å². The zero-order valence-corrected chi connectivity index (χ0v) is 14.2. The summed E-state index contributed by atoms with van der Waals surface area (Å²) >= 11 is 0. The highest BCUT2D eigenvalue weighted by Gasteiger charge is 2.42. The molecule has 0 heterocycles. The third-order valence-electron chi connectivity index (χ3n) is 4.56. The van der Waals surface area contributed by atoms with E-state index in [1.54, 1.807) is 12.1 Å². The van der Waals surface area contributed by atoms with Crippen molar-refractivity contribution in [2.75, 3.05) is 27.2 Å². The van der Waals surface area contributed by atoms with Crippen molar-refractivity contribution in [3.63, 3.8) is 0 Å². The number of rotatable bonds is 5. The molecular formula is C17H26ClFN2O. The number of carbonyl (C=O) groups is 1. The zero-order valence-electron chi connectivity index (χ0n) is 13.4. The van der Waals surface area contributed by atoms with Crippen LogP contribution in [0.2, 0.25) is 0 Å². The van der Waals surface area contributed by atoms with E-state index in [-0.39, 0.29) is 24.1 Å². The number of halogens is 2. The predicted octanol–water partition coefficient (Wildman–Crippen LogP) is 3.13. The van der Waals surface area contributed by atoms with Crippen LogP contribution in [0.1, 0.15) is 37.7 Å². The van der Waals surface area contributed by atoms with E-state index in [1.165, 1.54) is 18.6 Å². The van der Waals surface area contributed by atoms with Gasteiger partial charge in [-0.2, -0.15) is 0 Å². The van der Waals surface area contributed by atoms with Crippen molar-refractivity contribution in [3.8, 4) is 0 Å². The molecule has 0 unspecified atom stereocenters. The van der Waals surface area contributed by atoms with Gasteiger partial charge in [0, 0.05) is 20.1 Å². The normalized spacial score (nSPS) is 16.7. The summed E-state index contributed by atoms with van der Waals surface area (Å²) in [6.07, 6.45) is 5.02. The van der Waals surface area contributed by atoms with Gasteiger partial charge in [0.2, 0.25) is 5.91 Å². The summed E-state index contributed by atoms with van der Waals surface area (Å²) in [6.45, 7) is 1.47. The first-order valence-electron chi connectivity index (χ1n) is 7.76. The van der Waals surface area contributed by atoms with Gasteiger partial charge in [-0.1, -0.05) is 31.4 Å². The highest BCUT2D eigenvalue weighted by Crippen LogP contribution is 2.40. The fraction of sp³-hybridized carbons (Fsp3) is 0.588. The molecule has 0 aliphatic heterocycles. The minimum atomic E-state index is -0.464. The summed E-state index contributed by atoms with van der Waals surface area (Å²) in [7, 11) is 3.74. The number of benzene rings is 1. The maximum Gasteiger partial charge on any atom is 0.233 e. The summed E-state index contributed by atoms with van der Waals surface area (Å²) in [5.74, 6) is -0.0789. The molecular weight excluding hydrogens is 303 g/mol. The quantitative estimate of drug-likeness (QED) is 0.900. The van der Waals surface area contributed by atoms with Crippen LogP contribution >= 0.6 is 12.4 Å². The maximum absolute atomic E-state index is 13.2. The Labute approximate surface area is 138 Å². The monoisotopic (exact) mass is 328 g/mol. The van der Waals surface area contributed by atoms with E-state index in [0.717, 1.165) is 37.8 Å². The number of hydrogen-bond acceptors (Lipinski definition) is 2. The lowest BCUT2D eigenvalue weighted by atomic mass is 9.68. The van der Waals surface area contributed by atoms with Crippen LogP contribution in [0, 0.1) is 5.82 Å². The molecule has 1 amide bonds. The second kappa shape index (κ2) is 8.49. The Kier molecular flexibility index (Phi) is 7.30. The lowest BCUT2D eigenvalue weighted by Crippen LogP contribution is -2.48. The molecule has 22 heavy (non-hydrogen) atoms.